The Labute approximate surface area is 93.2 Å². The summed E-state index contributed by atoms with van der Waals surface area (Å²) in [4.78, 5) is 16.5. The Hall–Kier alpha value is -1.85. The molecule has 1 saturated heterocycles. The Balaban J connectivity index is 2.37. The van der Waals surface area contributed by atoms with Crippen LogP contribution in [0.15, 0.2) is 12.1 Å². The fraction of sp³-hybridized carbons (Fsp3) is 0.500. The van der Waals surface area contributed by atoms with Crippen molar-refractivity contribution in [2.75, 3.05) is 17.2 Å². The van der Waals surface area contributed by atoms with E-state index >= 15 is 0 Å². The lowest BCUT2D eigenvalue weighted by molar-refractivity contribution is -0.384. The number of nitro groups is 1. The van der Waals surface area contributed by atoms with Crippen LogP contribution in [0.25, 0.3) is 0 Å². The number of rotatable bonds is 2. The number of anilines is 2. The fourth-order valence-electron chi connectivity index (χ4n) is 2.05. The number of nitrogens with two attached hydrogens (primary N) is 1. The molecule has 0 aromatic carbocycles. The number of hydrogen-bond acceptors (Lipinski definition) is 5. The summed E-state index contributed by atoms with van der Waals surface area (Å²) in [5.74, 6) is 0.806. The van der Waals surface area contributed by atoms with Crippen LogP contribution in [0, 0.1) is 10.1 Å². The topological polar surface area (TPSA) is 85.3 Å². The molecule has 1 atom stereocenters. The summed E-state index contributed by atoms with van der Waals surface area (Å²) in [5, 5.41) is 10.7. The van der Waals surface area contributed by atoms with E-state index in [0.29, 0.717) is 11.9 Å². The highest BCUT2D eigenvalue weighted by Gasteiger charge is 2.23. The molecular weight excluding hydrogens is 208 g/mol. The van der Waals surface area contributed by atoms with Crippen molar-refractivity contribution in [2.45, 2.75) is 25.8 Å². The van der Waals surface area contributed by atoms with Crippen LogP contribution in [0.3, 0.4) is 0 Å². The Morgan fingerprint density at radius 3 is 2.94 bits per heavy atom. The van der Waals surface area contributed by atoms with Gasteiger partial charge in [-0.25, -0.2) is 4.98 Å². The Kier molecular flexibility index (Phi) is 2.64. The number of nitrogen functional groups attached to an aromatic ring is 1. The summed E-state index contributed by atoms with van der Waals surface area (Å²) >= 11 is 0. The SMILES string of the molecule is CC1CCCN1c1cc([N+](=O)[O-])cc(N)n1. The van der Waals surface area contributed by atoms with E-state index in [9.17, 15) is 10.1 Å². The fourth-order valence-corrected chi connectivity index (χ4v) is 2.05. The molecule has 0 spiro atoms. The van der Waals surface area contributed by atoms with Crippen molar-refractivity contribution in [1.29, 1.82) is 0 Å². The third-order valence-electron chi connectivity index (χ3n) is 2.87. The van der Waals surface area contributed by atoms with Crippen LogP contribution >= 0.6 is 0 Å². The summed E-state index contributed by atoms with van der Waals surface area (Å²) in [5.41, 5.74) is 5.57. The standard InChI is InChI=1S/C10H14N4O2/c1-7-3-2-4-13(7)10-6-8(14(15)16)5-9(11)12-10/h5-7H,2-4H2,1H3,(H2,11,12). The molecule has 1 unspecified atom stereocenters. The number of nitrogens with zero attached hydrogens (tertiary/aromatic N) is 3. The Morgan fingerprint density at radius 2 is 2.38 bits per heavy atom. The summed E-state index contributed by atoms with van der Waals surface area (Å²) in [6, 6.07) is 3.14. The maximum absolute atomic E-state index is 10.7. The molecule has 1 fully saturated rings. The molecule has 1 aromatic rings. The minimum atomic E-state index is -0.442. The highest BCUT2D eigenvalue weighted by atomic mass is 16.6. The van der Waals surface area contributed by atoms with Crippen LogP contribution in [0.2, 0.25) is 0 Å². The summed E-state index contributed by atoms with van der Waals surface area (Å²) in [6.45, 7) is 2.97. The maximum Gasteiger partial charge on any atom is 0.276 e. The van der Waals surface area contributed by atoms with Gasteiger partial charge in [-0.1, -0.05) is 0 Å². The first-order chi connectivity index (χ1) is 7.58. The van der Waals surface area contributed by atoms with Crippen LogP contribution < -0.4 is 10.6 Å². The van der Waals surface area contributed by atoms with Crippen LogP contribution in [0.1, 0.15) is 19.8 Å². The number of pyridine rings is 1. The molecule has 0 saturated carbocycles. The van der Waals surface area contributed by atoms with Gasteiger partial charge in [-0.2, -0.15) is 0 Å². The van der Waals surface area contributed by atoms with Crippen molar-refractivity contribution in [1.82, 2.24) is 4.98 Å². The van der Waals surface area contributed by atoms with E-state index in [1.807, 2.05) is 0 Å². The molecule has 1 aromatic heterocycles. The highest BCUT2D eigenvalue weighted by Crippen LogP contribution is 2.27. The van der Waals surface area contributed by atoms with Gasteiger partial charge in [0.25, 0.3) is 5.69 Å². The zero-order valence-corrected chi connectivity index (χ0v) is 9.09. The molecule has 0 aliphatic carbocycles. The monoisotopic (exact) mass is 222 g/mol. The minimum absolute atomic E-state index is 0.00148. The predicted octanol–water partition coefficient (Wildman–Crippen LogP) is 1.56. The average molecular weight is 222 g/mol. The lowest BCUT2D eigenvalue weighted by Crippen LogP contribution is -2.27. The molecule has 6 heteroatoms. The maximum atomic E-state index is 10.7. The van der Waals surface area contributed by atoms with Crippen LogP contribution in [0.4, 0.5) is 17.3 Å². The third kappa shape index (κ3) is 1.91. The van der Waals surface area contributed by atoms with E-state index in [1.165, 1.54) is 12.1 Å². The first kappa shape index (κ1) is 10.7. The van der Waals surface area contributed by atoms with Gasteiger partial charge in [0, 0.05) is 12.6 Å². The van der Waals surface area contributed by atoms with Gasteiger partial charge < -0.3 is 10.6 Å². The molecule has 2 heterocycles. The first-order valence-corrected chi connectivity index (χ1v) is 5.26. The minimum Gasteiger partial charge on any atom is -0.383 e. The lowest BCUT2D eigenvalue weighted by Gasteiger charge is -2.22. The van der Waals surface area contributed by atoms with E-state index in [4.69, 9.17) is 5.73 Å². The van der Waals surface area contributed by atoms with Gasteiger partial charge in [0.05, 0.1) is 17.1 Å². The Morgan fingerprint density at radius 1 is 1.62 bits per heavy atom. The second-order valence-electron chi connectivity index (χ2n) is 4.05. The smallest absolute Gasteiger partial charge is 0.276 e. The highest BCUT2D eigenvalue weighted by molar-refractivity contribution is 5.55. The number of hydrogen-bond donors (Lipinski definition) is 1. The lowest BCUT2D eigenvalue weighted by atomic mass is 10.2. The first-order valence-electron chi connectivity index (χ1n) is 5.26. The summed E-state index contributed by atoms with van der Waals surface area (Å²) in [6.07, 6.45) is 2.18. The van der Waals surface area contributed by atoms with Gasteiger partial charge in [-0.05, 0) is 19.8 Å². The van der Waals surface area contributed by atoms with Crippen LogP contribution in [-0.2, 0) is 0 Å². The molecular formula is C10H14N4O2. The van der Waals surface area contributed by atoms with Gasteiger partial charge in [-0.15, -0.1) is 0 Å². The van der Waals surface area contributed by atoms with Crippen molar-refractivity contribution in [3.63, 3.8) is 0 Å². The number of aromatic nitrogens is 1. The second kappa shape index (κ2) is 3.96. The van der Waals surface area contributed by atoms with Gasteiger partial charge in [-0.3, -0.25) is 10.1 Å². The largest absolute Gasteiger partial charge is 0.383 e. The van der Waals surface area contributed by atoms with Crippen molar-refractivity contribution in [3.8, 4) is 0 Å². The predicted molar refractivity (Wildman–Crippen MR) is 61.3 cm³/mol. The quantitative estimate of drug-likeness (QED) is 0.606. The molecule has 0 radical (unpaired) electrons. The normalized spacial score (nSPS) is 20.1. The van der Waals surface area contributed by atoms with E-state index in [2.05, 4.69) is 16.8 Å². The molecule has 16 heavy (non-hydrogen) atoms. The van der Waals surface area contributed by atoms with Gasteiger partial charge in [0.2, 0.25) is 0 Å². The van der Waals surface area contributed by atoms with E-state index < -0.39 is 4.92 Å². The van der Waals surface area contributed by atoms with Crippen molar-refractivity contribution in [3.05, 3.63) is 22.2 Å². The molecule has 2 rings (SSSR count). The zero-order chi connectivity index (χ0) is 11.7. The molecule has 0 bridgehead atoms. The summed E-state index contributed by atoms with van der Waals surface area (Å²) < 4.78 is 0. The third-order valence-corrected chi connectivity index (χ3v) is 2.87. The molecule has 2 N–H and O–H groups in total. The molecule has 1 aliphatic rings. The van der Waals surface area contributed by atoms with Gasteiger partial charge >= 0.3 is 0 Å². The zero-order valence-electron chi connectivity index (χ0n) is 9.09. The van der Waals surface area contributed by atoms with Gasteiger partial charge in [0.15, 0.2) is 0 Å². The van der Waals surface area contributed by atoms with Crippen molar-refractivity contribution >= 4 is 17.3 Å². The van der Waals surface area contributed by atoms with Crippen LogP contribution in [0.5, 0.6) is 0 Å². The summed E-state index contributed by atoms with van der Waals surface area (Å²) in [7, 11) is 0. The average Bonchev–Trinajstić information content (AvgIpc) is 2.63. The van der Waals surface area contributed by atoms with E-state index in [0.717, 1.165) is 19.4 Å². The molecule has 86 valence electrons. The molecule has 6 nitrogen and oxygen atoms in total. The Bertz CT molecular complexity index is 421. The van der Waals surface area contributed by atoms with Crippen molar-refractivity contribution in [2.24, 2.45) is 0 Å². The van der Waals surface area contributed by atoms with Gasteiger partial charge in [0.1, 0.15) is 11.6 Å². The van der Waals surface area contributed by atoms with Crippen LogP contribution in [-0.4, -0.2) is 22.5 Å². The molecule has 0 amide bonds. The van der Waals surface area contributed by atoms with E-state index in [1.54, 1.807) is 0 Å². The second-order valence-corrected chi connectivity index (χ2v) is 4.05. The van der Waals surface area contributed by atoms with E-state index in [-0.39, 0.29) is 11.5 Å². The van der Waals surface area contributed by atoms with Crippen molar-refractivity contribution < 1.29 is 4.92 Å². The molecule has 1 aliphatic heterocycles.